The number of carbonyl (C=O) groups excluding carboxylic acids is 1. The lowest BCUT2D eigenvalue weighted by atomic mass is 9.99. The fraction of sp³-hybridized carbons (Fsp3) is 0.308. The average Bonchev–Trinajstić information content (AvgIpc) is 2.47. The summed E-state index contributed by atoms with van der Waals surface area (Å²) in [5, 5.41) is 9.05. The summed E-state index contributed by atoms with van der Waals surface area (Å²) in [5.41, 5.74) is 0.129. The van der Waals surface area contributed by atoms with Crippen LogP contribution >= 0.6 is 23.5 Å². The number of aromatic nitrogens is 1. The number of rotatable bonds is 4. The van der Waals surface area contributed by atoms with E-state index in [4.69, 9.17) is 5.11 Å². The minimum Gasteiger partial charge on any atom is -0.477 e. The largest absolute Gasteiger partial charge is 0.477 e. The molecule has 1 aromatic heterocycles. The molecule has 2 aliphatic rings. The van der Waals surface area contributed by atoms with E-state index in [0.717, 1.165) is 4.90 Å². The number of hydrogen-bond donors (Lipinski definition) is 1. The van der Waals surface area contributed by atoms with Crippen LogP contribution in [0, 0.1) is 5.92 Å². The van der Waals surface area contributed by atoms with Gasteiger partial charge in [0.1, 0.15) is 5.70 Å². The van der Waals surface area contributed by atoms with Gasteiger partial charge in [-0.15, -0.1) is 23.5 Å². The molecule has 20 heavy (non-hydrogen) atoms. The molecule has 3 heterocycles. The van der Waals surface area contributed by atoms with E-state index in [-0.39, 0.29) is 22.9 Å². The first-order valence-corrected chi connectivity index (χ1v) is 8.13. The molecular weight excluding hydrogens is 296 g/mol. The van der Waals surface area contributed by atoms with Crippen LogP contribution in [0.1, 0.15) is 0 Å². The SMILES string of the molecule is O=C(O)C1=CCS[C@H]2C(CSc3ccncc3)C(=O)N12. The van der Waals surface area contributed by atoms with Gasteiger partial charge in [0.05, 0.1) is 11.3 Å². The molecule has 1 aromatic rings. The van der Waals surface area contributed by atoms with Crippen molar-refractivity contribution >= 4 is 35.4 Å². The highest BCUT2D eigenvalue weighted by Gasteiger charge is 2.51. The lowest BCUT2D eigenvalue weighted by molar-refractivity contribution is -0.151. The lowest BCUT2D eigenvalue weighted by Gasteiger charge is -2.48. The number of β-lactam (4-membered cyclic amide) rings is 1. The molecule has 1 fully saturated rings. The van der Waals surface area contributed by atoms with Crippen molar-refractivity contribution in [1.82, 2.24) is 9.88 Å². The van der Waals surface area contributed by atoms with Gasteiger partial charge in [-0.2, -0.15) is 0 Å². The quantitative estimate of drug-likeness (QED) is 0.674. The van der Waals surface area contributed by atoms with E-state index >= 15 is 0 Å². The summed E-state index contributed by atoms with van der Waals surface area (Å²) in [5.74, 6) is 0.0960. The van der Waals surface area contributed by atoms with Crippen molar-refractivity contribution in [2.45, 2.75) is 10.3 Å². The number of carboxylic acid groups (broad SMARTS) is 1. The molecule has 7 heteroatoms. The molecule has 1 N–H and O–H groups in total. The number of carboxylic acids is 1. The van der Waals surface area contributed by atoms with Crippen molar-refractivity contribution in [3.8, 4) is 0 Å². The zero-order chi connectivity index (χ0) is 14.1. The highest BCUT2D eigenvalue weighted by Crippen LogP contribution is 2.43. The Kier molecular flexibility index (Phi) is 3.71. The van der Waals surface area contributed by atoms with E-state index in [9.17, 15) is 9.59 Å². The predicted octanol–water partition coefficient (Wildman–Crippen LogP) is 1.67. The maximum atomic E-state index is 12.1. The summed E-state index contributed by atoms with van der Waals surface area (Å²) in [7, 11) is 0. The third-order valence-corrected chi connectivity index (χ3v) is 5.63. The zero-order valence-corrected chi connectivity index (χ0v) is 12.1. The normalized spacial score (nSPS) is 24.7. The van der Waals surface area contributed by atoms with E-state index in [1.165, 1.54) is 4.90 Å². The monoisotopic (exact) mass is 308 g/mol. The van der Waals surface area contributed by atoms with E-state index in [1.54, 1.807) is 42.0 Å². The summed E-state index contributed by atoms with van der Waals surface area (Å²) in [4.78, 5) is 29.6. The first-order chi connectivity index (χ1) is 9.68. The molecule has 2 atom stereocenters. The number of hydrogen-bond acceptors (Lipinski definition) is 5. The number of thioether (sulfide) groups is 2. The van der Waals surface area contributed by atoms with Gasteiger partial charge in [0.15, 0.2) is 0 Å². The maximum absolute atomic E-state index is 12.1. The standard InChI is InChI=1S/C13H12N2O3S2/c16-11-9(7-20-8-1-4-14-5-2-8)12-15(11)10(13(17)18)3-6-19-12/h1-5,9,12H,6-7H2,(H,17,18)/t9?,12-/m0/s1. The van der Waals surface area contributed by atoms with E-state index in [2.05, 4.69) is 4.98 Å². The van der Waals surface area contributed by atoms with Crippen LogP contribution in [0.25, 0.3) is 0 Å². The number of carbonyl (C=O) groups is 2. The van der Waals surface area contributed by atoms with Gasteiger partial charge >= 0.3 is 5.97 Å². The van der Waals surface area contributed by atoms with Crippen LogP contribution in [-0.4, -0.2) is 43.7 Å². The van der Waals surface area contributed by atoms with Gasteiger partial charge < -0.3 is 5.11 Å². The lowest BCUT2D eigenvalue weighted by Crippen LogP contribution is -2.61. The summed E-state index contributed by atoms with van der Waals surface area (Å²) < 4.78 is 0. The average molecular weight is 308 g/mol. The molecule has 1 unspecified atom stereocenters. The maximum Gasteiger partial charge on any atom is 0.352 e. The molecular formula is C13H12N2O3S2. The number of nitrogens with zero attached hydrogens (tertiary/aromatic N) is 2. The van der Waals surface area contributed by atoms with Crippen LogP contribution < -0.4 is 0 Å². The zero-order valence-electron chi connectivity index (χ0n) is 10.4. The van der Waals surface area contributed by atoms with E-state index < -0.39 is 5.97 Å². The number of aliphatic carboxylic acids is 1. The highest BCUT2D eigenvalue weighted by molar-refractivity contribution is 8.00. The van der Waals surface area contributed by atoms with Crippen LogP contribution in [0.5, 0.6) is 0 Å². The fourth-order valence-corrected chi connectivity index (χ4v) is 4.65. The van der Waals surface area contributed by atoms with Crippen molar-refractivity contribution < 1.29 is 14.7 Å². The molecule has 1 saturated heterocycles. The minimum atomic E-state index is -1.02. The third kappa shape index (κ3) is 2.31. The third-order valence-electron chi connectivity index (χ3n) is 3.25. The second-order valence-corrected chi connectivity index (χ2v) is 6.67. The van der Waals surface area contributed by atoms with E-state index in [0.29, 0.717) is 11.5 Å². The Bertz CT molecular complexity index is 576. The molecule has 104 valence electrons. The molecule has 0 radical (unpaired) electrons. The van der Waals surface area contributed by atoms with Crippen molar-refractivity contribution in [3.05, 3.63) is 36.3 Å². The van der Waals surface area contributed by atoms with Gasteiger partial charge in [-0.3, -0.25) is 14.7 Å². The van der Waals surface area contributed by atoms with E-state index in [1.807, 2.05) is 12.1 Å². The molecule has 0 saturated carbocycles. The highest BCUT2D eigenvalue weighted by atomic mass is 32.2. The molecule has 0 bridgehead atoms. The van der Waals surface area contributed by atoms with Crippen LogP contribution in [0.2, 0.25) is 0 Å². The van der Waals surface area contributed by atoms with Gasteiger partial charge in [0.2, 0.25) is 5.91 Å². The number of amides is 1. The Morgan fingerprint density at radius 1 is 1.50 bits per heavy atom. The van der Waals surface area contributed by atoms with Crippen LogP contribution in [0.15, 0.2) is 41.2 Å². The minimum absolute atomic E-state index is 0.0343. The summed E-state index contributed by atoms with van der Waals surface area (Å²) >= 11 is 3.23. The molecule has 3 rings (SSSR count). The summed E-state index contributed by atoms with van der Waals surface area (Å²) in [6.45, 7) is 0. The Hall–Kier alpha value is -1.47. The van der Waals surface area contributed by atoms with Crippen molar-refractivity contribution in [1.29, 1.82) is 0 Å². The fourth-order valence-electron chi connectivity index (χ4n) is 2.26. The second-order valence-electron chi connectivity index (χ2n) is 4.43. The molecule has 5 nitrogen and oxygen atoms in total. The van der Waals surface area contributed by atoms with Gasteiger partial charge in [-0.25, -0.2) is 4.79 Å². The Balaban J connectivity index is 1.65. The smallest absolute Gasteiger partial charge is 0.352 e. The molecule has 2 aliphatic heterocycles. The van der Waals surface area contributed by atoms with Crippen molar-refractivity contribution in [2.75, 3.05) is 11.5 Å². The second kappa shape index (κ2) is 5.49. The molecule has 0 aliphatic carbocycles. The van der Waals surface area contributed by atoms with Gasteiger partial charge in [-0.05, 0) is 18.2 Å². The summed E-state index contributed by atoms with van der Waals surface area (Å²) in [6, 6.07) is 3.81. The number of pyridine rings is 1. The van der Waals surface area contributed by atoms with Crippen LogP contribution in [0.3, 0.4) is 0 Å². The summed E-state index contributed by atoms with van der Waals surface area (Å²) in [6.07, 6.45) is 5.04. The Morgan fingerprint density at radius 3 is 2.95 bits per heavy atom. The van der Waals surface area contributed by atoms with Crippen molar-refractivity contribution in [3.63, 3.8) is 0 Å². The predicted molar refractivity (Wildman–Crippen MR) is 77.3 cm³/mol. The Labute approximate surface area is 124 Å². The van der Waals surface area contributed by atoms with Gasteiger partial charge in [0, 0.05) is 28.8 Å². The van der Waals surface area contributed by atoms with Gasteiger partial charge in [-0.1, -0.05) is 0 Å². The molecule has 0 spiro atoms. The first kappa shape index (κ1) is 13.5. The molecule has 1 amide bonds. The van der Waals surface area contributed by atoms with Crippen LogP contribution in [0.4, 0.5) is 0 Å². The van der Waals surface area contributed by atoms with Crippen molar-refractivity contribution in [2.24, 2.45) is 5.92 Å². The topological polar surface area (TPSA) is 70.5 Å². The Morgan fingerprint density at radius 2 is 2.25 bits per heavy atom. The number of fused-ring (bicyclic) bond motifs is 1. The molecule has 0 aromatic carbocycles. The first-order valence-electron chi connectivity index (χ1n) is 6.09. The van der Waals surface area contributed by atoms with Gasteiger partial charge in [0.25, 0.3) is 0 Å². The van der Waals surface area contributed by atoms with Crippen LogP contribution in [-0.2, 0) is 9.59 Å².